The quantitative estimate of drug-likeness (QED) is 0.771. The summed E-state index contributed by atoms with van der Waals surface area (Å²) < 4.78 is 13.4. The van der Waals surface area contributed by atoms with Crippen molar-refractivity contribution in [2.75, 3.05) is 25.0 Å². The molecule has 0 unspecified atom stereocenters. The zero-order valence-corrected chi connectivity index (χ0v) is 11.6. The Labute approximate surface area is 122 Å². The third-order valence-corrected chi connectivity index (χ3v) is 3.42. The predicted octanol–water partition coefficient (Wildman–Crippen LogP) is 0.897. The summed E-state index contributed by atoms with van der Waals surface area (Å²) in [5.74, 6) is -0.817. The molecule has 6 nitrogen and oxygen atoms in total. The number of rotatable bonds is 4. The van der Waals surface area contributed by atoms with E-state index < -0.39 is 11.8 Å². The summed E-state index contributed by atoms with van der Waals surface area (Å²) >= 11 is 0. The first-order valence-corrected chi connectivity index (χ1v) is 6.87. The van der Waals surface area contributed by atoms with E-state index in [4.69, 9.17) is 5.73 Å². The molecule has 0 aliphatic carbocycles. The number of benzene rings is 1. The van der Waals surface area contributed by atoms with Gasteiger partial charge >= 0.3 is 6.03 Å². The van der Waals surface area contributed by atoms with Crippen LogP contribution in [0.1, 0.15) is 12.8 Å². The topological polar surface area (TPSA) is 87.5 Å². The number of hydrogen-bond acceptors (Lipinski definition) is 3. The number of anilines is 1. The molecule has 0 saturated carbocycles. The van der Waals surface area contributed by atoms with Gasteiger partial charge in [0.25, 0.3) is 0 Å². The smallest absolute Gasteiger partial charge is 0.319 e. The average molecular weight is 294 g/mol. The molecule has 114 valence electrons. The summed E-state index contributed by atoms with van der Waals surface area (Å²) in [5.41, 5.74) is 5.30. The van der Waals surface area contributed by atoms with Crippen molar-refractivity contribution in [3.63, 3.8) is 0 Å². The second-order valence-electron chi connectivity index (χ2n) is 5.10. The molecule has 1 aromatic carbocycles. The first-order valence-electron chi connectivity index (χ1n) is 6.87. The van der Waals surface area contributed by atoms with Crippen molar-refractivity contribution < 1.29 is 14.0 Å². The highest BCUT2D eigenvalue weighted by molar-refractivity contribution is 5.89. The van der Waals surface area contributed by atoms with E-state index in [-0.39, 0.29) is 24.2 Å². The van der Waals surface area contributed by atoms with Gasteiger partial charge in [0.2, 0.25) is 5.91 Å². The minimum Gasteiger partial charge on any atom is -0.369 e. The molecule has 21 heavy (non-hydrogen) atoms. The van der Waals surface area contributed by atoms with Gasteiger partial charge in [-0.3, -0.25) is 9.69 Å². The lowest BCUT2D eigenvalue weighted by Crippen LogP contribution is -2.47. The van der Waals surface area contributed by atoms with E-state index in [1.165, 1.54) is 12.1 Å². The molecule has 1 saturated heterocycles. The summed E-state index contributed by atoms with van der Waals surface area (Å²) in [7, 11) is 0. The number of urea groups is 1. The summed E-state index contributed by atoms with van der Waals surface area (Å²) in [6.07, 6.45) is 1.47. The molecular weight excluding hydrogens is 275 g/mol. The molecule has 0 atom stereocenters. The monoisotopic (exact) mass is 294 g/mol. The molecule has 3 amide bonds. The normalized spacial score (nSPS) is 16.4. The van der Waals surface area contributed by atoms with Crippen LogP contribution in [0.15, 0.2) is 24.3 Å². The third kappa shape index (κ3) is 4.71. The maximum atomic E-state index is 13.4. The summed E-state index contributed by atoms with van der Waals surface area (Å²) in [4.78, 5) is 24.6. The van der Waals surface area contributed by atoms with E-state index in [0.717, 1.165) is 12.8 Å². The highest BCUT2D eigenvalue weighted by atomic mass is 19.1. The van der Waals surface area contributed by atoms with Crippen LogP contribution in [0.5, 0.6) is 0 Å². The minimum atomic E-state index is -0.469. The number of carbonyl (C=O) groups is 2. The highest BCUT2D eigenvalue weighted by Gasteiger charge is 2.21. The van der Waals surface area contributed by atoms with Crippen molar-refractivity contribution in [2.24, 2.45) is 5.73 Å². The van der Waals surface area contributed by atoms with E-state index in [2.05, 4.69) is 10.6 Å². The number of hydrogen-bond donors (Lipinski definition) is 3. The Morgan fingerprint density at radius 3 is 2.57 bits per heavy atom. The van der Waals surface area contributed by atoms with E-state index in [0.29, 0.717) is 13.1 Å². The zero-order chi connectivity index (χ0) is 15.2. The second-order valence-corrected chi connectivity index (χ2v) is 5.10. The lowest BCUT2D eigenvalue weighted by molar-refractivity contribution is -0.119. The van der Waals surface area contributed by atoms with Crippen LogP contribution in [-0.4, -0.2) is 42.5 Å². The summed E-state index contributed by atoms with van der Waals surface area (Å²) in [6.45, 7) is 1.65. The van der Waals surface area contributed by atoms with Gasteiger partial charge in [-0.2, -0.15) is 0 Å². The number of nitrogens with one attached hydrogen (secondary N) is 2. The molecule has 0 bridgehead atoms. The number of likely N-dealkylation sites (tertiary alicyclic amines) is 1. The van der Waals surface area contributed by atoms with Crippen LogP contribution < -0.4 is 16.4 Å². The van der Waals surface area contributed by atoms with Gasteiger partial charge in [0, 0.05) is 19.1 Å². The number of nitrogens with zero attached hydrogens (tertiary/aromatic N) is 1. The van der Waals surface area contributed by atoms with Gasteiger partial charge in [0.15, 0.2) is 0 Å². The van der Waals surface area contributed by atoms with Gasteiger partial charge < -0.3 is 16.4 Å². The van der Waals surface area contributed by atoms with E-state index in [9.17, 15) is 14.0 Å². The molecule has 1 fully saturated rings. The Bertz CT molecular complexity index is 515. The van der Waals surface area contributed by atoms with Crippen LogP contribution in [0.4, 0.5) is 14.9 Å². The maximum Gasteiger partial charge on any atom is 0.319 e. The standard InChI is InChI=1S/C14H19FN4O2/c15-11-3-1-2-4-12(11)18-14(21)17-10-5-7-19(8-6-10)9-13(16)20/h1-4,10H,5-9H2,(H2,16,20)(H2,17,18,21). The average Bonchev–Trinajstić information content (AvgIpc) is 2.43. The number of amides is 3. The molecule has 0 spiro atoms. The first kappa shape index (κ1) is 15.2. The molecular formula is C14H19FN4O2. The SMILES string of the molecule is NC(=O)CN1CCC(NC(=O)Nc2ccccc2F)CC1. The molecule has 1 heterocycles. The molecule has 4 N–H and O–H groups in total. The van der Waals surface area contributed by atoms with Crippen LogP contribution in [0.2, 0.25) is 0 Å². The van der Waals surface area contributed by atoms with Crippen molar-refractivity contribution in [1.82, 2.24) is 10.2 Å². The van der Waals surface area contributed by atoms with E-state index in [1.807, 2.05) is 4.90 Å². The van der Waals surface area contributed by atoms with Crippen molar-refractivity contribution >= 4 is 17.6 Å². The van der Waals surface area contributed by atoms with Crippen LogP contribution in [0.25, 0.3) is 0 Å². The molecule has 0 aromatic heterocycles. The largest absolute Gasteiger partial charge is 0.369 e. The fourth-order valence-corrected chi connectivity index (χ4v) is 2.36. The number of halogens is 1. The molecule has 7 heteroatoms. The van der Waals surface area contributed by atoms with Crippen molar-refractivity contribution in [3.8, 4) is 0 Å². The second kappa shape index (κ2) is 7.03. The molecule has 1 aliphatic rings. The molecule has 1 aliphatic heterocycles. The highest BCUT2D eigenvalue weighted by Crippen LogP contribution is 2.13. The lowest BCUT2D eigenvalue weighted by Gasteiger charge is -2.31. The van der Waals surface area contributed by atoms with Crippen LogP contribution in [0, 0.1) is 5.82 Å². The Balaban J connectivity index is 1.77. The van der Waals surface area contributed by atoms with Gasteiger partial charge in [-0.05, 0) is 25.0 Å². The zero-order valence-electron chi connectivity index (χ0n) is 11.6. The number of piperidine rings is 1. The van der Waals surface area contributed by atoms with Crippen LogP contribution >= 0.6 is 0 Å². The Morgan fingerprint density at radius 2 is 1.95 bits per heavy atom. The van der Waals surface area contributed by atoms with Gasteiger partial charge in [0.1, 0.15) is 5.82 Å². The molecule has 2 rings (SSSR count). The van der Waals surface area contributed by atoms with Crippen molar-refractivity contribution in [2.45, 2.75) is 18.9 Å². The van der Waals surface area contributed by atoms with Gasteiger partial charge in [-0.25, -0.2) is 9.18 Å². The molecule has 1 aromatic rings. The molecule has 0 radical (unpaired) electrons. The van der Waals surface area contributed by atoms with E-state index >= 15 is 0 Å². The van der Waals surface area contributed by atoms with Crippen LogP contribution in [-0.2, 0) is 4.79 Å². The Morgan fingerprint density at radius 1 is 1.29 bits per heavy atom. The summed E-state index contributed by atoms with van der Waals surface area (Å²) in [5, 5.41) is 5.30. The van der Waals surface area contributed by atoms with Gasteiger partial charge in [-0.15, -0.1) is 0 Å². The number of nitrogens with two attached hydrogens (primary N) is 1. The number of primary amides is 1. The Kier molecular flexibility index (Phi) is 5.10. The fraction of sp³-hybridized carbons (Fsp3) is 0.429. The van der Waals surface area contributed by atoms with Crippen LogP contribution in [0.3, 0.4) is 0 Å². The summed E-state index contributed by atoms with van der Waals surface area (Å²) in [6, 6.07) is 5.60. The van der Waals surface area contributed by atoms with Gasteiger partial charge in [0.05, 0.1) is 12.2 Å². The maximum absolute atomic E-state index is 13.4. The van der Waals surface area contributed by atoms with E-state index in [1.54, 1.807) is 12.1 Å². The Hall–Kier alpha value is -2.15. The number of para-hydroxylation sites is 1. The first-order chi connectivity index (χ1) is 10.0. The predicted molar refractivity (Wildman–Crippen MR) is 77.2 cm³/mol. The van der Waals surface area contributed by atoms with Gasteiger partial charge in [-0.1, -0.05) is 12.1 Å². The van der Waals surface area contributed by atoms with Crippen molar-refractivity contribution in [3.05, 3.63) is 30.1 Å². The third-order valence-electron chi connectivity index (χ3n) is 3.42. The van der Waals surface area contributed by atoms with Crippen molar-refractivity contribution in [1.29, 1.82) is 0 Å². The number of carbonyl (C=O) groups excluding carboxylic acids is 2. The lowest BCUT2D eigenvalue weighted by atomic mass is 10.1. The minimum absolute atomic E-state index is 0.0147. The fourth-order valence-electron chi connectivity index (χ4n) is 2.36.